The zero-order chi connectivity index (χ0) is 14.3. The summed E-state index contributed by atoms with van der Waals surface area (Å²) >= 11 is 0. The van der Waals surface area contributed by atoms with Gasteiger partial charge in [0.1, 0.15) is 0 Å². The molecule has 0 unspecified atom stereocenters. The third kappa shape index (κ3) is 2.13. The van der Waals surface area contributed by atoms with Gasteiger partial charge >= 0.3 is 0 Å². The van der Waals surface area contributed by atoms with E-state index in [0.29, 0.717) is 11.3 Å². The predicted molar refractivity (Wildman–Crippen MR) is 79.9 cm³/mol. The Labute approximate surface area is 117 Å². The number of fused-ring (bicyclic) bond motifs is 1. The zero-order valence-corrected chi connectivity index (χ0v) is 11.8. The molecular formula is C16H17N3O. The van der Waals surface area contributed by atoms with Crippen molar-refractivity contribution in [2.45, 2.75) is 26.2 Å². The minimum atomic E-state index is -0.0932. The molecule has 0 bridgehead atoms. The first kappa shape index (κ1) is 12.7. The molecular weight excluding hydrogens is 250 g/mol. The molecule has 2 heterocycles. The third-order valence-corrected chi connectivity index (χ3v) is 3.33. The van der Waals surface area contributed by atoms with E-state index in [9.17, 15) is 4.79 Å². The molecule has 1 aromatic carbocycles. The van der Waals surface area contributed by atoms with Crippen LogP contribution in [0.2, 0.25) is 0 Å². The lowest BCUT2D eigenvalue weighted by Gasteiger charge is -2.14. The van der Waals surface area contributed by atoms with Gasteiger partial charge in [0.05, 0.1) is 5.69 Å². The molecule has 4 heteroatoms. The summed E-state index contributed by atoms with van der Waals surface area (Å²) in [5, 5.41) is 3.12. The van der Waals surface area contributed by atoms with E-state index in [2.05, 4.69) is 30.9 Å². The van der Waals surface area contributed by atoms with Crippen LogP contribution in [-0.4, -0.2) is 14.6 Å². The van der Waals surface area contributed by atoms with Crippen LogP contribution in [0.15, 0.2) is 47.3 Å². The number of nitrogens with one attached hydrogen (secondary N) is 1. The number of H-pyrrole nitrogens is 1. The Kier molecular flexibility index (Phi) is 2.74. The van der Waals surface area contributed by atoms with E-state index in [1.165, 1.54) is 4.52 Å². The van der Waals surface area contributed by atoms with Crippen LogP contribution in [0.25, 0.3) is 16.9 Å². The maximum atomic E-state index is 12.2. The molecule has 0 saturated heterocycles. The van der Waals surface area contributed by atoms with Crippen molar-refractivity contribution in [1.29, 1.82) is 0 Å². The number of hydrogen-bond donors (Lipinski definition) is 1. The number of aromatic nitrogens is 3. The maximum absolute atomic E-state index is 12.2. The van der Waals surface area contributed by atoms with Crippen LogP contribution in [0, 0.1) is 0 Å². The Bertz CT molecular complexity index is 807. The summed E-state index contributed by atoms with van der Waals surface area (Å²) in [5.74, 6) is 0. The lowest BCUT2D eigenvalue weighted by molar-refractivity contribution is 0.561. The normalized spacial score (nSPS) is 11.9. The molecule has 1 N–H and O–H groups in total. The summed E-state index contributed by atoms with van der Waals surface area (Å²) in [7, 11) is 0. The first-order chi connectivity index (χ1) is 9.45. The van der Waals surface area contributed by atoms with Gasteiger partial charge in [-0.3, -0.25) is 9.89 Å². The standard InChI is InChI=1S/C16H17N3O/c1-16(2,3)13-10-14-17-12(9-15(20)19(14)18-13)11-7-5-4-6-8-11/h4-10,18H,1-3H3. The van der Waals surface area contributed by atoms with Gasteiger partial charge in [0.15, 0.2) is 5.65 Å². The third-order valence-electron chi connectivity index (χ3n) is 3.33. The van der Waals surface area contributed by atoms with Crippen molar-refractivity contribution >= 4 is 5.65 Å². The molecule has 2 aromatic heterocycles. The average Bonchev–Trinajstić information content (AvgIpc) is 2.84. The summed E-state index contributed by atoms with van der Waals surface area (Å²) in [6, 6.07) is 13.2. The second-order valence-corrected chi connectivity index (χ2v) is 5.96. The van der Waals surface area contributed by atoms with Gasteiger partial charge in [-0.15, -0.1) is 0 Å². The quantitative estimate of drug-likeness (QED) is 0.737. The molecule has 0 spiro atoms. The van der Waals surface area contributed by atoms with Gasteiger partial charge in [-0.05, 0) is 0 Å². The summed E-state index contributed by atoms with van der Waals surface area (Å²) < 4.78 is 1.49. The summed E-state index contributed by atoms with van der Waals surface area (Å²) in [6.45, 7) is 6.29. The van der Waals surface area contributed by atoms with E-state index in [1.807, 2.05) is 36.4 Å². The van der Waals surface area contributed by atoms with Crippen molar-refractivity contribution < 1.29 is 0 Å². The van der Waals surface area contributed by atoms with E-state index in [4.69, 9.17) is 0 Å². The average molecular weight is 267 g/mol. The van der Waals surface area contributed by atoms with Gasteiger partial charge in [0, 0.05) is 28.8 Å². The molecule has 0 aliphatic heterocycles. The maximum Gasteiger partial charge on any atom is 0.273 e. The number of hydrogen-bond acceptors (Lipinski definition) is 2. The highest BCUT2D eigenvalue weighted by molar-refractivity contribution is 5.61. The Hall–Kier alpha value is -2.36. The van der Waals surface area contributed by atoms with Crippen molar-refractivity contribution in [3.8, 4) is 11.3 Å². The molecule has 20 heavy (non-hydrogen) atoms. The topological polar surface area (TPSA) is 50.2 Å². The van der Waals surface area contributed by atoms with Crippen molar-refractivity contribution in [2.24, 2.45) is 0 Å². The minimum absolute atomic E-state index is 0.0486. The SMILES string of the molecule is CC(C)(C)c1cc2nc(-c3ccccc3)cc(=O)n2[nH]1. The smallest absolute Gasteiger partial charge is 0.273 e. The summed E-state index contributed by atoms with van der Waals surface area (Å²) in [5.41, 5.74) is 3.16. The number of nitrogens with zero attached hydrogens (tertiary/aromatic N) is 2. The highest BCUT2D eigenvalue weighted by atomic mass is 16.1. The van der Waals surface area contributed by atoms with Crippen molar-refractivity contribution in [3.05, 3.63) is 58.5 Å². The van der Waals surface area contributed by atoms with E-state index in [1.54, 1.807) is 6.07 Å². The van der Waals surface area contributed by atoms with Crippen LogP contribution in [0.1, 0.15) is 26.5 Å². The van der Waals surface area contributed by atoms with Gasteiger partial charge < -0.3 is 0 Å². The number of aromatic amines is 1. The Morgan fingerprint density at radius 3 is 2.45 bits per heavy atom. The van der Waals surface area contributed by atoms with E-state index in [0.717, 1.165) is 11.3 Å². The van der Waals surface area contributed by atoms with Crippen LogP contribution in [-0.2, 0) is 5.41 Å². The van der Waals surface area contributed by atoms with Crippen LogP contribution in [0.3, 0.4) is 0 Å². The van der Waals surface area contributed by atoms with Gasteiger partial charge in [-0.1, -0.05) is 51.1 Å². The molecule has 0 atom stereocenters. The summed E-state index contributed by atoms with van der Waals surface area (Å²) in [6.07, 6.45) is 0. The predicted octanol–water partition coefficient (Wildman–Crippen LogP) is 2.99. The summed E-state index contributed by atoms with van der Waals surface area (Å²) in [4.78, 5) is 16.8. The van der Waals surface area contributed by atoms with Crippen LogP contribution in [0.5, 0.6) is 0 Å². The molecule has 0 amide bonds. The highest BCUT2D eigenvalue weighted by Gasteiger charge is 2.18. The largest absolute Gasteiger partial charge is 0.293 e. The van der Waals surface area contributed by atoms with E-state index in [-0.39, 0.29) is 11.0 Å². The van der Waals surface area contributed by atoms with Crippen LogP contribution >= 0.6 is 0 Å². The van der Waals surface area contributed by atoms with Gasteiger partial charge in [-0.25, -0.2) is 9.50 Å². The van der Waals surface area contributed by atoms with Gasteiger partial charge in [0.2, 0.25) is 0 Å². The minimum Gasteiger partial charge on any atom is -0.293 e. The fourth-order valence-electron chi connectivity index (χ4n) is 2.13. The van der Waals surface area contributed by atoms with Crippen LogP contribution < -0.4 is 5.56 Å². The van der Waals surface area contributed by atoms with Crippen LogP contribution in [0.4, 0.5) is 0 Å². The lowest BCUT2D eigenvalue weighted by atomic mass is 9.93. The molecule has 3 aromatic rings. The van der Waals surface area contributed by atoms with E-state index < -0.39 is 0 Å². The Morgan fingerprint density at radius 2 is 1.80 bits per heavy atom. The molecule has 0 aliphatic carbocycles. The van der Waals surface area contributed by atoms with Crippen molar-refractivity contribution in [1.82, 2.24) is 14.6 Å². The molecule has 102 valence electrons. The van der Waals surface area contributed by atoms with E-state index >= 15 is 0 Å². The molecule has 0 aliphatic rings. The van der Waals surface area contributed by atoms with Gasteiger partial charge in [-0.2, -0.15) is 0 Å². The second-order valence-electron chi connectivity index (χ2n) is 5.96. The van der Waals surface area contributed by atoms with Crippen molar-refractivity contribution in [3.63, 3.8) is 0 Å². The first-order valence-electron chi connectivity index (χ1n) is 6.64. The molecule has 3 rings (SSSR count). The second kappa shape index (κ2) is 4.34. The monoisotopic (exact) mass is 267 g/mol. The molecule has 0 radical (unpaired) electrons. The molecule has 4 nitrogen and oxygen atoms in total. The number of rotatable bonds is 1. The molecule has 0 fully saturated rings. The van der Waals surface area contributed by atoms with Crippen molar-refractivity contribution in [2.75, 3.05) is 0 Å². The van der Waals surface area contributed by atoms with Gasteiger partial charge in [0.25, 0.3) is 5.56 Å². The molecule has 0 saturated carbocycles. The number of benzene rings is 1. The zero-order valence-electron chi connectivity index (χ0n) is 11.8. The Morgan fingerprint density at radius 1 is 1.10 bits per heavy atom. The highest BCUT2D eigenvalue weighted by Crippen LogP contribution is 2.22. The first-order valence-corrected chi connectivity index (χ1v) is 6.64. The fraction of sp³-hybridized carbons (Fsp3) is 0.250. The fourth-order valence-corrected chi connectivity index (χ4v) is 2.13. The Balaban J connectivity index is 2.22. The lowest BCUT2D eigenvalue weighted by Crippen LogP contribution is -2.16.